The number of hydrogen-bond donors (Lipinski definition) is 1. The first kappa shape index (κ1) is 13.2. The van der Waals surface area contributed by atoms with Crippen LogP contribution in [0.4, 0.5) is 10.1 Å². The van der Waals surface area contributed by atoms with Crippen molar-refractivity contribution >= 4 is 22.6 Å². The number of nitrogens with zero attached hydrogens (tertiary/aromatic N) is 2. The molecule has 0 aliphatic rings. The van der Waals surface area contributed by atoms with Gasteiger partial charge in [0.05, 0.1) is 16.6 Å². The zero-order valence-corrected chi connectivity index (χ0v) is 11.3. The summed E-state index contributed by atoms with van der Waals surface area (Å²) in [6.45, 7) is 1.62. The van der Waals surface area contributed by atoms with Crippen molar-refractivity contribution in [2.45, 2.75) is 6.92 Å². The van der Waals surface area contributed by atoms with Gasteiger partial charge >= 0.3 is 0 Å². The molecule has 0 saturated heterocycles. The third-order valence-electron chi connectivity index (χ3n) is 3.16. The molecule has 0 fully saturated rings. The molecule has 1 N–H and O–H groups in total. The lowest BCUT2D eigenvalue weighted by atomic mass is 10.1. The van der Waals surface area contributed by atoms with Gasteiger partial charge in [0.2, 0.25) is 0 Å². The molecule has 0 spiro atoms. The molecular weight excluding hydrogens is 269 g/mol. The maximum absolute atomic E-state index is 13.9. The number of aromatic nitrogens is 2. The van der Waals surface area contributed by atoms with Gasteiger partial charge in [-0.25, -0.2) is 4.39 Å². The molecule has 0 aliphatic carbocycles. The quantitative estimate of drug-likeness (QED) is 0.784. The van der Waals surface area contributed by atoms with Crippen LogP contribution in [0, 0.1) is 12.7 Å². The highest BCUT2D eigenvalue weighted by Gasteiger charge is 2.13. The number of halogens is 1. The zero-order valence-electron chi connectivity index (χ0n) is 11.3. The van der Waals surface area contributed by atoms with Crippen LogP contribution in [0.25, 0.3) is 11.0 Å². The van der Waals surface area contributed by atoms with Crippen LogP contribution >= 0.6 is 0 Å². The second kappa shape index (κ2) is 5.28. The Morgan fingerprint density at radius 2 is 1.86 bits per heavy atom. The van der Waals surface area contributed by atoms with E-state index in [1.54, 1.807) is 49.6 Å². The summed E-state index contributed by atoms with van der Waals surface area (Å²) in [7, 11) is 0. The number of rotatable bonds is 2. The fourth-order valence-electron chi connectivity index (χ4n) is 2.06. The molecule has 21 heavy (non-hydrogen) atoms. The van der Waals surface area contributed by atoms with Crippen molar-refractivity contribution in [2.75, 3.05) is 5.32 Å². The van der Waals surface area contributed by atoms with Gasteiger partial charge < -0.3 is 5.32 Å². The molecule has 0 atom stereocenters. The van der Waals surface area contributed by atoms with Gasteiger partial charge in [-0.15, -0.1) is 0 Å². The number of hydrogen-bond acceptors (Lipinski definition) is 3. The van der Waals surface area contributed by atoms with E-state index >= 15 is 0 Å². The highest BCUT2D eigenvalue weighted by atomic mass is 19.1. The molecule has 1 amide bonds. The molecule has 3 aromatic rings. The van der Waals surface area contributed by atoms with Gasteiger partial charge in [-0.1, -0.05) is 12.1 Å². The predicted octanol–water partition coefficient (Wildman–Crippen LogP) is 3.33. The second-order valence-electron chi connectivity index (χ2n) is 4.65. The monoisotopic (exact) mass is 281 g/mol. The van der Waals surface area contributed by atoms with Gasteiger partial charge in [-0.2, -0.15) is 0 Å². The van der Waals surface area contributed by atoms with Gasteiger partial charge in [-0.05, 0) is 36.8 Å². The van der Waals surface area contributed by atoms with E-state index in [2.05, 4.69) is 15.3 Å². The van der Waals surface area contributed by atoms with Crippen molar-refractivity contribution in [2.24, 2.45) is 0 Å². The van der Waals surface area contributed by atoms with Crippen LogP contribution in [0.15, 0.2) is 48.8 Å². The number of nitrogens with one attached hydrogen (secondary N) is 1. The average Bonchev–Trinajstić information content (AvgIpc) is 2.50. The first-order valence-corrected chi connectivity index (χ1v) is 6.42. The molecule has 0 radical (unpaired) electrons. The normalized spacial score (nSPS) is 10.6. The number of carbonyl (C=O) groups excluding carboxylic acids is 1. The van der Waals surface area contributed by atoms with Crippen LogP contribution < -0.4 is 5.32 Å². The average molecular weight is 281 g/mol. The number of aryl methyl sites for hydroxylation is 1. The molecule has 0 bridgehead atoms. The molecule has 1 heterocycles. The van der Waals surface area contributed by atoms with E-state index in [1.807, 2.05) is 0 Å². The minimum Gasteiger partial charge on any atom is -0.322 e. The lowest BCUT2D eigenvalue weighted by Crippen LogP contribution is -2.14. The Balaban J connectivity index is 1.91. The van der Waals surface area contributed by atoms with Crippen molar-refractivity contribution in [3.63, 3.8) is 0 Å². The fourth-order valence-corrected chi connectivity index (χ4v) is 2.06. The topological polar surface area (TPSA) is 54.9 Å². The largest absolute Gasteiger partial charge is 0.322 e. The van der Waals surface area contributed by atoms with E-state index in [0.717, 1.165) is 5.52 Å². The number of benzene rings is 2. The minimum absolute atomic E-state index is 0.0224. The Morgan fingerprint density at radius 3 is 2.67 bits per heavy atom. The maximum Gasteiger partial charge on any atom is 0.258 e. The molecule has 0 aliphatic heterocycles. The summed E-state index contributed by atoms with van der Waals surface area (Å²) in [5.74, 6) is -0.991. The number of anilines is 1. The van der Waals surface area contributed by atoms with Gasteiger partial charge in [0.1, 0.15) is 5.82 Å². The van der Waals surface area contributed by atoms with E-state index in [0.29, 0.717) is 16.8 Å². The summed E-state index contributed by atoms with van der Waals surface area (Å²) < 4.78 is 13.9. The molecule has 0 saturated carbocycles. The van der Waals surface area contributed by atoms with Gasteiger partial charge in [0.15, 0.2) is 0 Å². The highest BCUT2D eigenvalue weighted by Crippen LogP contribution is 2.18. The van der Waals surface area contributed by atoms with Crippen molar-refractivity contribution in [3.8, 4) is 0 Å². The van der Waals surface area contributed by atoms with Gasteiger partial charge in [0, 0.05) is 18.1 Å². The van der Waals surface area contributed by atoms with Crippen LogP contribution in [0.5, 0.6) is 0 Å². The van der Waals surface area contributed by atoms with E-state index in [1.165, 1.54) is 6.07 Å². The van der Waals surface area contributed by atoms with E-state index in [4.69, 9.17) is 0 Å². The Morgan fingerprint density at radius 1 is 1.10 bits per heavy atom. The lowest BCUT2D eigenvalue weighted by Gasteiger charge is -2.08. The molecule has 5 heteroatoms. The molecule has 2 aromatic carbocycles. The minimum atomic E-state index is -0.504. The van der Waals surface area contributed by atoms with Crippen LogP contribution in [0.1, 0.15) is 15.9 Å². The van der Waals surface area contributed by atoms with Crippen molar-refractivity contribution in [1.82, 2.24) is 9.97 Å². The van der Waals surface area contributed by atoms with E-state index in [-0.39, 0.29) is 5.56 Å². The maximum atomic E-state index is 13.9. The van der Waals surface area contributed by atoms with Crippen LogP contribution in [-0.2, 0) is 0 Å². The van der Waals surface area contributed by atoms with Crippen LogP contribution in [-0.4, -0.2) is 15.9 Å². The first-order valence-electron chi connectivity index (χ1n) is 6.42. The number of amides is 1. The molecule has 4 nitrogen and oxygen atoms in total. The molecular formula is C16H12FN3O. The van der Waals surface area contributed by atoms with Crippen molar-refractivity contribution in [3.05, 3.63) is 65.7 Å². The molecule has 3 rings (SSSR count). The third-order valence-corrected chi connectivity index (χ3v) is 3.16. The third kappa shape index (κ3) is 2.58. The summed E-state index contributed by atoms with van der Waals surface area (Å²) in [4.78, 5) is 20.5. The van der Waals surface area contributed by atoms with Gasteiger partial charge in [0.25, 0.3) is 5.91 Å². The number of carbonyl (C=O) groups is 1. The lowest BCUT2D eigenvalue weighted by molar-refractivity contribution is 0.102. The Hall–Kier alpha value is -2.82. The highest BCUT2D eigenvalue weighted by molar-refractivity contribution is 6.05. The van der Waals surface area contributed by atoms with Crippen LogP contribution in [0.2, 0.25) is 0 Å². The Bertz CT molecular complexity index is 833. The van der Waals surface area contributed by atoms with Crippen molar-refractivity contribution in [1.29, 1.82) is 0 Å². The standard InChI is InChI=1S/C16H12FN3O/c1-10-3-2-4-12(15(10)17)16(21)20-11-5-6-13-14(9-11)19-8-7-18-13/h2-9H,1H3,(H,20,21). The SMILES string of the molecule is Cc1cccc(C(=O)Nc2ccc3nccnc3c2)c1F. The fraction of sp³-hybridized carbons (Fsp3) is 0.0625. The molecule has 0 unspecified atom stereocenters. The molecule has 1 aromatic heterocycles. The van der Waals surface area contributed by atoms with Gasteiger partial charge in [-0.3, -0.25) is 14.8 Å². The smallest absolute Gasteiger partial charge is 0.258 e. The van der Waals surface area contributed by atoms with E-state index < -0.39 is 11.7 Å². The summed E-state index contributed by atoms with van der Waals surface area (Å²) in [6.07, 6.45) is 3.18. The van der Waals surface area contributed by atoms with Crippen LogP contribution in [0.3, 0.4) is 0 Å². The molecule has 104 valence electrons. The summed E-state index contributed by atoms with van der Waals surface area (Å²) in [5, 5.41) is 2.67. The zero-order chi connectivity index (χ0) is 14.8. The predicted molar refractivity (Wildman–Crippen MR) is 78.6 cm³/mol. The summed E-state index contributed by atoms with van der Waals surface area (Å²) in [6, 6.07) is 9.90. The Labute approximate surface area is 120 Å². The summed E-state index contributed by atoms with van der Waals surface area (Å²) in [5.41, 5.74) is 2.41. The van der Waals surface area contributed by atoms with Crippen molar-refractivity contribution < 1.29 is 9.18 Å². The second-order valence-corrected chi connectivity index (χ2v) is 4.65. The summed E-state index contributed by atoms with van der Waals surface area (Å²) >= 11 is 0. The number of fused-ring (bicyclic) bond motifs is 1. The Kier molecular flexibility index (Phi) is 3.31. The first-order chi connectivity index (χ1) is 10.1. The van der Waals surface area contributed by atoms with E-state index in [9.17, 15) is 9.18 Å².